The second-order valence-corrected chi connectivity index (χ2v) is 13.7. The van der Waals surface area contributed by atoms with Gasteiger partial charge in [0.2, 0.25) is 11.8 Å². The van der Waals surface area contributed by atoms with Gasteiger partial charge in [-0.15, -0.1) is 0 Å². The molecule has 0 amide bonds. The van der Waals surface area contributed by atoms with E-state index in [4.69, 9.17) is 9.47 Å². The smallest absolute Gasteiger partial charge is 0.394 e. The zero-order chi connectivity index (χ0) is 29.9. The van der Waals surface area contributed by atoms with Crippen molar-refractivity contribution >= 4 is 16.0 Å². The van der Waals surface area contributed by atoms with Crippen molar-refractivity contribution < 1.29 is 31.1 Å². The Hall–Kier alpha value is -3.18. The third-order valence-electron chi connectivity index (χ3n) is 9.25. The Bertz CT molecular complexity index is 1580. The highest BCUT2D eigenvalue weighted by Gasteiger charge is 2.64. The van der Waals surface area contributed by atoms with Gasteiger partial charge in [0.05, 0.1) is 28.7 Å². The van der Waals surface area contributed by atoms with Crippen molar-refractivity contribution in [2.45, 2.75) is 69.0 Å². The molecule has 3 aliphatic rings. The third kappa shape index (κ3) is 5.37. The number of alkyl halides is 3. The van der Waals surface area contributed by atoms with Gasteiger partial charge in [0, 0.05) is 24.7 Å². The number of ether oxygens (including phenoxy) is 2. The monoisotopic (exact) mass is 601 g/mol. The van der Waals surface area contributed by atoms with Gasteiger partial charge in [0.1, 0.15) is 0 Å². The van der Waals surface area contributed by atoms with Crippen LogP contribution in [0.5, 0.6) is 5.88 Å². The minimum absolute atomic E-state index is 0.00370. The van der Waals surface area contributed by atoms with Crippen LogP contribution in [0, 0.1) is 31.1 Å². The molecule has 1 N–H and O–H groups in total. The number of aromatic nitrogens is 2. The fraction of sp³-hybridized carbons (Fsp3) is 0.484. The van der Waals surface area contributed by atoms with Gasteiger partial charge in [-0.3, -0.25) is 0 Å². The molecule has 2 heterocycles. The Balaban J connectivity index is 1.48. The van der Waals surface area contributed by atoms with E-state index in [1.165, 1.54) is 6.07 Å². The summed E-state index contributed by atoms with van der Waals surface area (Å²) in [7, 11) is -2.49. The number of hydrogen-bond donors (Lipinski definition) is 1. The molecule has 6 rings (SSSR count). The highest BCUT2D eigenvalue weighted by molar-refractivity contribution is 7.92. The van der Waals surface area contributed by atoms with Crippen molar-refractivity contribution in [2.75, 3.05) is 18.4 Å². The topological polar surface area (TPSA) is 90.4 Å². The average Bonchev–Trinajstić information content (AvgIpc) is 3.69. The summed E-state index contributed by atoms with van der Waals surface area (Å²) in [5, 5.41) is 0. The summed E-state index contributed by atoms with van der Waals surface area (Å²) in [5.41, 5.74) is 2.06. The summed E-state index contributed by atoms with van der Waals surface area (Å²) in [4.78, 5) is 8.87. The molecule has 1 aromatic heterocycles. The Kier molecular flexibility index (Phi) is 7.24. The Morgan fingerprint density at radius 3 is 2.38 bits per heavy atom. The molecule has 0 radical (unpaired) electrons. The van der Waals surface area contributed by atoms with Gasteiger partial charge < -0.3 is 9.47 Å². The molecule has 11 heteroatoms. The molecule has 4 bridgehead atoms. The predicted octanol–water partition coefficient (Wildman–Crippen LogP) is 6.81. The molecule has 0 spiro atoms. The molecule has 2 aromatic carbocycles. The summed E-state index contributed by atoms with van der Waals surface area (Å²) in [5.74, 6) is -0.934. The first-order valence-electron chi connectivity index (χ1n) is 14.2. The van der Waals surface area contributed by atoms with Crippen LogP contribution in [0.3, 0.4) is 0 Å². The molecule has 0 saturated heterocycles. The van der Waals surface area contributed by atoms with Crippen molar-refractivity contribution in [3.8, 4) is 17.1 Å². The maximum absolute atomic E-state index is 14.3. The van der Waals surface area contributed by atoms with Crippen LogP contribution in [-0.2, 0) is 14.8 Å². The minimum Gasteiger partial charge on any atom is -0.477 e. The fourth-order valence-electron chi connectivity index (χ4n) is 6.72. The van der Waals surface area contributed by atoms with Crippen molar-refractivity contribution in [2.24, 2.45) is 17.3 Å². The molecule has 2 atom stereocenters. The summed E-state index contributed by atoms with van der Waals surface area (Å²) in [6.07, 6.45) is -2.89. The quantitative estimate of drug-likeness (QED) is 0.346. The lowest BCUT2D eigenvalue weighted by atomic mass is 9.64. The number of nitrogens with zero attached hydrogens (tertiary/aromatic N) is 2. The van der Waals surface area contributed by atoms with Crippen molar-refractivity contribution in [3.05, 3.63) is 65.2 Å². The number of benzene rings is 2. The zero-order valence-corrected chi connectivity index (χ0v) is 24.6. The SMILES string of the molecule is COC1CC(C2c3cccc(c3)S(=O)(=O)Nc3nc(cc(-c4c(C)cccc4C)n3)OC[C@H]2CC2(C(F)(F)F)CC2)C1. The molecule has 1 aliphatic heterocycles. The van der Waals surface area contributed by atoms with E-state index in [2.05, 4.69) is 14.7 Å². The summed E-state index contributed by atoms with van der Waals surface area (Å²) < 4.78 is 84.2. The molecule has 224 valence electrons. The normalized spacial score (nSPS) is 26.0. The van der Waals surface area contributed by atoms with Gasteiger partial charge in [-0.1, -0.05) is 30.3 Å². The fourth-order valence-corrected chi connectivity index (χ4v) is 7.72. The standard InChI is InChI=1S/C31H34F3N3O4S/c1-18-6-4-7-19(2)27(18)25-15-26-36-29(35-25)37-42(38,39)24-9-5-8-20(14-24)28(21-12-23(13-21)40-3)22(17-41-26)16-30(10-11-30)31(32,33)34/h4-9,14-15,21-23,28H,10-13,16-17H2,1-3H3,(H,35,36,37)/t21?,22-,23?,28?/m1/s1. The van der Waals surface area contributed by atoms with Gasteiger partial charge in [-0.25, -0.2) is 18.1 Å². The first kappa shape index (κ1) is 28.9. The number of aryl methyl sites for hydroxylation is 2. The predicted molar refractivity (Wildman–Crippen MR) is 152 cm³/mol. The Morgan fingerprint density at radius 2 is 1.74 bits per heavy atom. The van der Waals surface area contributed by atoms with E-state index in [0.29, 0.717) is 24.1 Å². The maximum atomic E-state index is 14.3. The molecule has 2 fully saturated rings. The number of sulfonamides is 1. The number of rotatable bonds is 5. The number of fused-ring (bicyclic) bond motifs is 4. The molecule has 3 aromatic rings. The summed E-state index contributed by atoms with van der Waals surface area (Å²) in [6, 6.07) is 13.9. The highest BCUT2D eigenvalue weighted by atomic mass is 32.2. The van der Waals surface area contributed by atoms with Crippen LogP contribution >= 0.6 is 0 Å². The van der Waals surface area contributed by atoms with E-state index < -0.39 is 27.5 Å². The molecule has 7 nitrogen and oxygen atoms in total. The van der Waals surface area contributed by atoms with Crippen LogP contribution in [0.4, 0.5) is 19.1 Å². The van der Waals surface area contributed by atoms with E-state index in [0.717, 1.165) is 16.7 Å². The second-order valence-electron chi connectivity index (χ2n) is 12.0. The molecular formula is C31H34F3N3O4S. The van der Waals surface area contributed by atoms with Gasteiger partial charge in [0.25, 0.3) is 10.0 Å². The number of hydrogen-bond acceptors (Lipinski definition) is 6. The minimum atomic E-state index is -4.33. The number of methoxy groups -OCH3 is 1. The average molecular weight is 602 g/mol. The van der Waals surface area contributed by atoms with E-state index in [-0.39, 0.29) is 60.5 Å². The maximum Gasteiger partial charge on any atom is 0.394 e. The first-order chi connectivity index (χ1) is 19.9. The summed E-state index contributed by atoms with van der Waals surface area (Å²) in [6.45, 7) is 3.85. The van der Waals surface area contributed by atoms with Crippen LogP contribution in [0.25, 0.3) is 11.3 Å². The largest absolute Gasteiger partial charge is 0.477 e. The van der Waals surface area contributed by atoms with Crippen LogP contribution in [0.1, 0.15) is 54.7 Å². The van der Waals surface area contributed by atoms with Gasteiger partial charge in [0.15, 0.2) is 0 Å². The van der Waals surface area contributed by atoms with Gasteiger partial charge in [-0.2, -0.15) is 18.2 Å². The number of halogens is 3. The van der Waals surface area contributed by atoms with Gasteiger partial charge in [-0.05, 0) is 86.6 Å². The lowest BCUT2D eigenvalue weighted by Crippen LogP contribution is -2.40. The Labute approximate surface area is 243 Å². The highest BCUT2D eigenvalue weighted by Crippen LogP contribution is 2.63. The lowest BCUT2D eigenvalue weighted by molar-refractivity contribution is -0.194. The molecule has 2 saturated carbocycles. The van der Waals surface area contributed by atoms with E-state index in [9.17, 15) is 21.6 Å². The second kappa shape index (κ2) is 10.5. The van der Waals surface area contributed by atoms with E-state index in [1.807, 2.05) is 38.1 Å². The Morgan fingerprint density at radius 1 is 1.05 bits per heavy atom. The first-order valence-corrected chi connectivity index (χ1v) is 15.7. The van der Waals surface area contributed by atoms with E-state index in [1.54, 1.807) is 25.3 Å². The zero-order valence-electron chi connectivity index (χ0n) is 23.7. The van der Waals surface area contributed by atoms with Crippen molar-refractivity contribution in [1.82, 2.24) is 9.97 Å². The van der Waals surface area contributed by atoms with Crippen LogP contribution in [-0.4, -0.2) is 44.4 Å². The lowest BCUT2D eigenvalue weighted by Gasteiger charge is -2.44. The molecular weight excluding hydrogens is 567 g/mol. The van der Waals surface area contributed by atoms with Crippen LogP contribution in [0.15, 0.2) is 53.4 Å². The van der Waals surface area contributed by atoms with Crippen LogP contribution < -0.4 is 9.46 Å². The number of nitrogens with one attached hydrogen (secondary N) is 1. The molecule has 42 heavy (non-hydrogen) atoms. The summed E-state index contributed by atoms with van der Waals surface area (Å²) >= 11 is 0. The van der Waals surface area contributed by atoms with E-state index >= 15 is 0 Å². The third-order valence-corrected chi connectivity index (χ3v) is 10.6. The van der Waals surface area contributed by atoms with Crippen molar-refractivity contribution in [3.63, 3.8) is 0 Å². The van der Waals surface area contributed by atoms with Crippen molar-refractivity contribution in [1.29, 1.82) is 0 Å². The number of anilines is 1. The van der Waals surface area contributed by atoms with Gasteiger partial charge >= 0.3 is 6.18 Å². The molecule has 1 unspecified atom stereocenters. The molecule has 2 aliphatic carbocycles. The van der Waals surface area contributed by atoms with Crippen LogP contribution in [0.2, 0.25) is 0 Å².